The molecule has 0 aromatic heterocycles. The molecule has 1 amide bonds. The molecule has 2 aliphatic carbocycles. The van der Waals surface area contributed by atoms with Gasteiger partial charge >= 0.3 is 12.1 Å². The van der Waals surface area contributed by atoms with Gasteiger partial charge in [0.25, 0.3) is 0 Å². The van der Waals surface area contributed by atoms with Gasteiger partial charge in [-0.1, -0.05) is 104 Å². The molecule has 3 unspecified atom stereocenters. The third-order valence-corrected chi connectivity index (χ3v) is 9.78. The molecule has 2 saturated heterocycles. The molecule has 2 heterocycles. The van der Waals surface area contributed by atoms with Crippen LogP contribution in [0.5, 0.6) is 5.75 Å². The molecule has 3 aromatic rings. The molecule has 1 saturated carbocycles. The Morgan fingerprint density at radius 3 is 2.17 bits per heavy atom. The number of amides is 1. The Labute approximate surface area is 281 Å². The van der Waals surface area contributed by atoms with Gasteiger partial charge < -0.3 is 23.7 Å². The van der Waals surface area contributed by atoms with E-state index in [4.69, 9.17) is 23.7 Å². The van der Waals surface area contributed by atoms with Crippen molar-refractivity contribution < 1.29 is 33.3 Å². The Kier molecular flexibility index (Phi) is 9.45. The average molecular weight is 648 g/mol. The van der Waals surface area contributed by atoms with Crippen LogP contribution in [0.2, 0.25) is 0 Å². The molecule has 4 aliphatic rings. The van der Waals surface area contributed by atoms with Crippen molar-refractivity contribution >= 4 is 12.1 Å². The van der Waals surface area contributed by atoms with Crippen LogP contribution in [-0.4, -0.2) is 67.4 Å². The highest BCUT2D eigenvalue weighted by atomic mass is 16.7. The normalized spacial score (nSPS) is 25.1. The number of fused-ring (bicyclic) bond motifs is 4. The van der Waals surface area contributed by atoms with Crippen LogP contribution in [-0.2, 0) is 23.7 Å². The van der Waals surface area contributed by atoms with Crippen molar-refractivity contribution in [1.82, 2.24) is 4.90 Å². The van der Waals surface area contributed by atoms with Gasteiger partial charge in [-0.25, -0.2) is 9.59 Å². The van der Waals surface area contributed by atoms with E-state index in [9.17, 15) is 9.59 Å². The number of likely N-dealkylation sites (tertiary alicyclic amines) is 1. The van der Waals surface area contributed by atoms with Gasteiger partial charge in [-0.05, 0) is 60.1 Å². The SMILES string of the molecule is C=CCOC(=O)[C@]12CC1[C@@H](OC1CCCC(COc3ccccccccc3)O1)CN2C(=O)OCC1c2ccccc2-c2ccccc21. The monoisotopic (exact) mass is 647 g/mol. The predicted octanol–water partition coefficient (Wildman–Crippen LogP) is 7.22. The number of hydrogen-bond donors (Lipinski definition) is 0. The average Bonchev–Trinajstić information content (AvgIpc) is 3.69. The number of hydrogen-bond acceptors (Lipinski definition) is 7. The molecule has 2 aliphatic heterocycles. The van der Waals surface area contributed by atoms with Crippen LogP contribution in [0.25, 0.3) is 11.1 Å². The van der Waals surface area contributed by atoms with Crippen molar-refractivity contribution in [2.45, 2.75) is 55.6 Å². The number of carbonyl (C=O) groups is 2. The summed E-state index contributed by atoms with van der Waals surface area (Å²) >= 11 is 0. The number of ether oxygens (including phenoxy) is 5. The Morgan fingerprint density at radius 2 is 1.48 bits per heavy atom. The van der Waals surface area contributed by atoms with Crippen LogP contribution in [0.15, 0.2) is 116 Å². The highest BCUT2D eigenvalue weighted by molar-refractivity contribution is 5.91. The highest BCUT2D eigenvalue weighted by Gasteiger charge is 2.74. The first-order chi connectivity index (χ1) is 23.6. The zero-order chi connectivity index (χ0) is 32.9. The van der Waals surface area contributed by atoms with Crippen LogP contribution in [0, 0.1) is 5.92 Å². The lowest BCUT2D eigenvalue weighted by Gasteiger charge is -2.32. The Morgan fingerprint density at radius 1 is 0.833 bits per heavy atom. The number of piperidine rings is 1. The van der Waals surface area contributed by atoms with Gasteiger partial charge in [-0.3, -0.25) is 4.90 Å². The fourth-order valence-corrected chi connectivity index (χ4v) is 7.39. The van der Waals surface area contributed by atoms with E-state index in [2.05, 4.69) is 30.8 Å². The quantitative estimate of drug-likeness (QED) is 0.170. The van der Waals surface area contributed by atoms with E-state index < -0.39 is 23.9 Å². The fourth-order valence-electron chi connectivity index (χ4n) is 7.39. The molecule has 48 heavy (non-hydrogen) atoms. The molecule has 5 atom stereocenters. The lowest BCUT2D eigenvalue weighted by atomic mass is 9.98. The predicted molar refractivity (Wildman–Crippen MR) is 181 cm³/mol. The minimum absolute atomic E-state index is 0.0686. The molecule has 7 rings (SSSR count). The maximum Gasteiger partial charge on any atom is 0.410 e. The number of rotatable bonds is 10. The fraction of sp³-hybridized carbons (Fsp3) is 0.350. The van der Waals surface area contributed by atoms with Gasteiger partial charge in [0.1, 0.15) is 31.1 Å². The summed E-state index contributed by atoms with van der Waals surface area (Å²) in [7, 11) is 0. The summed E-state index contributed by atoms with van der Waals surface area (Å²) in [5, 5.41) is 0. The maximum atomic E-state index is 13.8. The molecule has 0 radical (unpaired) electrons. The molecule has 3 fully saturated rings. The van der Waals surface area contributed by atoms with Crippen LogP contribution in [0.4, 0.5) is 4.79 Å². The molecular formula is C40H41NO7. The summed E-state index contributed by atoms with van der Waals surface area (Å²) in [5.41, 5.74) is 3.46. The van der Waals surface area contributed by atoms with Crippen molar-refractivity contribution in [1.29, 1.82) is 0 Å². The number of benzene rings is 2. The van der Waals surface area contributed by atoms with Gasteiger partial charge in [0.05, 0.1) is 18.8 Å². The first-order valence-electron chi connectivity index (χ1n) is 16.8. The van der Waals surface area contributed by atoms with E-state index in [0.717, 1.165) is 47.3 Å². The summed E-state index contributed by atoms with van der Waals surface area (Å²) in [6, 6.07) is 33.9. The number of carbonyl (C=O) groups excluding carboxylic acids is 2. The Hall–Kier alpha value is -4.66. The second-order valence-electron chi connectivity index (χ2n) is 12.7. The second kappa shape index (κ2) is 14.2. The summed E-state index contributed by atoms with van der Waals surface area (Å²) in [6.45, 7) is 4.52. The van der Waals surface area contributed by atoms with E-state index in [0.29, 0.717) is 13.0 Å². The van der Waals surface area contributed by atoms with Gasteiger partial charge in [0.2, 0.25) is 0 Å². The third-order valence-electron chi connectivity index (χ3n) is 9.78. The lowest BCUT2D eigenvalue weighted by molar-refractivity contribution is -0.220. The molecular weight excluding hydrogens is 606 g/mol. The minimum Gasteiger partial charge on any atom is -0.491 e. The lowest BCUT2D eigenvalue weighted by Crippen LogP contribution is -2.47. The number of nitrogens with zero attached hydrogens (tertiary/aromatic N) is 1. The number of esters is 1. The topological polar surface area (TPSA) is 83.5 Å². The Balaban J connectivity index is 1.01. The first kappa shape index (κ1) is 31.9. The molecule has 248 valence electrons. The molecule has 3 aromatic carbocycles. The molecule has 0 N–H and O–H groups in total. The van der Waals surface area contributed by atoms with Gasteiger partial charge in [0, 0.05) is 11.8 Å². The maximum absolute atomic E-state index is 13.8. The van der Waals surface area contributed by atoms with E-state index in [1.807, 2.05) is 78.9 Å². The van der Waals surface area contributed by atoms with Crippen LogP contribution >= 0.6 is 0 Å². The van der Waals surface area contributed by atoms with Crippen molar-refractivity contribution in [3.05, 3.63) is 127 Å². The first-order valence-corrected chi connectivity index (χ1v) is 16.8. The molecule has 0 bridgehead atoms. The standard InChI is InChI=1S/C40H41NO7/c1-2-23-44-38(42)40-24-35(40)36(48-37-22-14-17-29(47-37)26-45-28-15-8-6-4-3-5-7-9-16-28)25-41(40)39(43)46-27-34-32-20-12-10-18-30(32)31-19-11-13-21-33(31)34/h2-13,15-16,18-21,29,34-37H,1,14,17,22-27H2/t29?,35?,36-,37?,40-/m0/s1. The molecule has 8 nitrogen and oxygen atoms in total. The van der Waals surface area contributed by atoms with Gasteiger partial charge in [-0.2, -0.15) is 0 Å². The largest absolute Gasteiger partial charge is 0.491 e. The van der Waals surface area contributed by atoms with Gasteiger partial charge in [-0.15, -0.1) is 0 Å². The molecule has 0 spiro atoms. The van der Waals surface area contributed by atoms with E-state index in [1.165, 1.54) is 11.0 Å². The minimum atomic E-state index is -1.11. The van der Waals surface area contributed by atoms with Crippen LogP contribution in [0.1, 0.15) is 42.7 Å². The second-order valence-corrected chi connectivity index (χ2v) is 12.7. The summed E-state index contributed by atoms with van der Waals surface area (Å²) in [6.07, 6.45) is 2.94. The van der Waals surface area contributed by atoms with Gasteiger partial charge in [0.15, 0.2) is 6.29 Å². The third kappa shape index (κ3) is 6.42. The van der Waals surface area contributed by atoms with Crippen molar-refractivity contribution in [3.63, 3.8) is 0 Å². The summed E-state index contributed by atoms with van der Waals surface area (Å²) in [5.74, 6) is 0.00139. The van der Waals surface area contributed by atoms with E-state index in [1.54, 1.807) is 0 Å². The zero-order valence-electron chi connectivity index (χ0n) is 26.9. The van der Waals surface area contributed by atoms with Crippen molar-refractivity contribution in [3.8, 4) is 16.9 Å². The molecule has 8 heteroatoms. The van der Waals surface area contributed by atoms with Crippen LogP contribution < -0.4 is 4.74 Å². The Bertz CT molecular complexity index is 1640. The van der Waals surface area contributed by atoms with Crippen molar-refractivity contribution in [2.75, 3.05) is 26.4 Å². The van der Waals surface area contributed by atoms with Crippen LogP contribution in [0.3, 0.4) is 0 Å². The van der Waals surface area contributed by atoms with Crippen molar-refractivity contribution in [2.24, 2.45) is 5.92 Å². The zero-order valence-corrected chi connectivity index (χ0v) is 26.9. The summed E-state index contributed by atoms with van der Waals surface area (Å²) < 4.78 is 30.5. The summed E-state index contributed by atoms with van der Waals surface area (Å²) in [4.78, 5) is 28.8. The highest BCUT2D eigenvalue weighted by Crippen LogP contribution is 2.58. The smallest absolute Gasteiger partial charge is 0.410 e. The van der Waals surface area contributed by atoms with E-state index in [-0.39, 0.29) is 43.8 Å². The van der Waals surface area contributed by atoms with E-state index >= 15 is 0 Å².